The fraction of sp³-hybridized carbons (Fsp3) is 0.500. The van der Waals surface area contributed by atoms with E-state index in [4.69, 9.17) is 6.42 Å². The van der Waals surface area contributed by atoms with Crippen molar-refractivity contribution in [1.82, 2.24) is 15.5 Å². The molecule has 0 aliphatic rings. The van der Waals surface area contributed by atoms with E-state index in [2.05, 4.69) is 58.1 Å². The summed E-state index contributed by atoms with van der Waals surface area (Å²) in [7, 11) is 4.14. The average molecular weight is 278 g/mol. The van der Waals surface area contributed by atoms with Gasteiger partial charge in [-0.2, -0.15) is 0 Å². The molecule has 0 aliphatic heterocycles. The van der Waals surface area contributed by atoms with Crippen molar-refractivity contribution in [2.45, 2.75) is 13.0 Å². The SMILES string of the molecule is C#CCNC(=NCC(c1cccs1)N(C)C)NCC. The van der Waals surface area contributed by atoms with Crippen molar-refractivity contribution in [3.05, 3.63) is 22.4 Å². The van der Waals surface area contributed by atoms with E-state index in [0.29, 0.717) is 19.1 Å². The zero-order chi connectivity index (χ0) is 14.1. The lowest BCUT2D eigenvalue weighted by Crippen LogP contribution is -2.38. The fourth-order valence-corrected chi connectivity index (χ4v) is 2.56. The van der Waals surface area contributed by atoms with Crippen molar-refractivity contribution in [2.24, 2.45) is 4.99 Å². The summed E-state index contributed by atoms with van der Waals surface area (Å²) in [5, 5.41) is 8.38. The summed E-state index contributed by atoms with van der Waals surface area (Å²) in [4.78, 5) is 8.09. The maximum Gasteiger partial charge on any atom is 0.192 e. The molecule has 19 heavy (non-hydrogen) atoms. The molecule has 0 amide bonds. The van der Waals surface area contributed by atoms with Crippen molar-refractivity contribution in [1.29, 1.82) is 0 Å². The average Bonchev–Trinajstić information content (AvgIpc) is 2.89. The molecular formula is C14H22N4S. The maximum atomic E-state index is 5.25. The molecule has 0 fully saturated rings. The molecule has 0 spiro atoms. The summed E-state index contributed by atoms with van der Waals surface area (Å²) in [6.45, 7) is 4.04. The Bertz CT molecular complexity index is 417. The van der Waals surface area contributed by atoms with Crippen LogP contribution >= 0.6 is 11.3 Å². The van der Waals surface area contributed by atoms with E-state index in [9.17, 15) is 0 Å². The zero-order valence-corrected chi connectivity index (χ0v) is 12.6. The van der Waals surface area contributed by atoms with Crippen molar-refractivity contribution in [3.8, 4) is 12.3 Å². The van der Waals surface area contributed by atoms with Gasteiger partial charge in [0.15, 0.2) is 5.96 Å². The molecule has 1 aromatic heterocycles. The minimum atomic E-state index is 0.293. The molecule has 1 atom stereocenters. The van der Waals surface area contributed by atoms with Gasteiger partial charge in [0.25, 0.3) is 0 Å². The van der Waals surface area contributed by atoms with Gasteiger partial charge in [-0.1, -0.05) is 12.0 Å². The third-order valence-electron chi connectivity index (χ3n) is 2.62. The molecule has 1 aromatic rings. The Morgan fingerprint density at radius 1 is 1.53 bits per heavy atom. The first-order valence-electron chi connectivity index (χ1n) is 6.34. The third kappa shape index (κ3) is 5.33. The number of guanidine groups is 1. The summed E-state index contributed by atoms with van der Waals surface area (Å²) in [6, 6.07) is 4.51. The third-order valence-corrected chi connectivity index (χ3v) is 3.59. The fourth-order valence-electron chi connectivity index (χ4n) is 1.64. The topological polar surface area (TPSA) is 39.7 Å². The molecular weight excluding hydrogens is 256 g/mol. The molecule has 0 aromatic carbocycles. The number of terminal acetylenes is 1. The summed E-state index contributed by atoms with van der Waals surface area (Å²) in [5.74, 6) is 3.32. The lowest BCUT2D eigenvalue weighted by molar-refractivity contribution is 0.310. The highest BCUT2D eigenvalue weighted by molar-refractivity contribution is 7.10. The van der Waals surface area contributed by atoms with Gasteiger partial charge in [-0.3, -0.25) is 4.99 Å². The number of hydrogen-bond donors (Lipinski definition) is 2. The Kier molecular flexibility index (Phi) is 7.01. The lowest BCUT2D eigenvalue weighted by Gasteiger charge is -2.22. The van der Waals surface area contributed by atoms with Gasteiger partial charge in [0.05, 0.1) is 19.1 Å². The summed E-state index contributed by atoms with van der Waals surface area (Å²) in [5.41, 5.74) is 0. The molecule has 104 valence electrons. The number of thiophene rings is 1. The normalized spacial score (nSPS) is 13.1. The molecule has 4 nitrogen and oxygen atoms in total. The largest absolute Gasteiger partial charge is 0.357 e. The maximum absolute atomic E-state index is 5.25. The molecule has 0 saturated heterocycles. The highest BCUT2D eigenvalue weighted by Gasteiger charge is 2.14. The van der Waals surface area contributed by atoms with Gasteiger partial charge in [0.2, 0.25) is 0 Å². The van der Waals surface area contributed by atoms with E-state index in [-0.39, 0.29) is 0 Å². The molecule has 0 aliphatic carbocycles. The second-order valence-electron chi connectivity index (χ2n) is 4.27. The number of rotatable bonds is 6. The highest BCUT2D eigenvalue weighted by Crippen LogP contribution is 2.23. The first-order valence-corrected chi connectivity index (χ1v) is 7.22. The van der Waals surface area contributed by atoms with Crippen LogP contribution < -0.4 is 10.6 Å². The van der Waals surface area contributed by atoms with Crippen LogP contribution in [0.15, 0.2) is 22.5 Å². The first kappa shape index (κ1) is 15.5. The van der Waals surface area contributed by atoms with E-state index in [1.54, 1.807) is 11.3 Å². The van der Waals surface area contributed by atoms with Gasteiger partial charge in [-0.15, -0.1) is 17.8 Å². The molecule has 1 heterocycles. The highest BCUT2D eigenvalue weighted by atomic mass is 32.1. The van der Waals surface area contributed by atoms with Crippen LogP contribution in [0.1, 0.15) is 17.8 Å². The smallest absolute Gasteiger partial charge is 0.192 e. The number of hydrogen-bond acceptors (Lipinski definition) is 3. The molecule has 1 unspecified atom stereocenters. The van der Waals surface area contributed by atoms with Gasteiger partial charge in [0, 0.05) is 11.4 Å². The molecule has 0 bridgehead atoms. The molecule has 0 radical (unpaired) electrons. The molecule has 5 heteroatoms. The number of nitrogens with zero attached hydrogens (tertiary/aromatic N) is 2. The van der Waals surface area contributed by atoms with Crippen LogP contribution in [0.4, 0.5) is 0 Å². The summed E-state index contributed by atoms with van der Waals surface area (Å²) < 4.78 is 0. The van der Waals surface area contributed by atoms with Crippen LogP contribution in [0.2, 0.25) is 0 Å². The van der Waals surface area contributed by atoms with Crippen LogP contribution in [-0.2, 0) is 0 Å². The van der Waals surface area contributed by atoms with Crippen LogP contribution in [0.3, 0.4) is 0 Å². The Balaban J connectivity index is 2.69. The second-order valence-corrected chi connectivity index (χ2v) is 5.25. The Labute approximate surface area is 119 Å². The van der Waals surface area contributed by atoms with E-state index < -0.39 is 0 Å². The standard InChI is InChI=1S/C14H22N4S/c1-5-9-16-14(15-6-2)17-11-12(18(3)4)13-8-7-10-19-13/h1,7-8,10,12H,6,9,11H2,2-4H3,(H2,15,16,17). The van der Waals surface area contributed by atoms with E-state index in [1.807, 2.05) is 6.92 Å². The first-order chi connectivity index (χ1) is 9.19. The van der Waals surface area contributed by atoms with Crippen LogP contribution in [0, 0.1) is 12.3 Å². The lowest BCUT2D eigenvalue weighted by atomic mass is 10.2. The van der Waals surface area contributed by atoms with Crippen LogP contribution in [-0.4, -0.2) is 44.6 Å². The molecule has 1 rings (SSSR count). The van der Waals surface area contributed by atoms with E-state index >= 15 is 0 Å². The minimum absolute atomic E-state index is 0.293. The Morgan fingerprint density at radius 3 is 2.84 bits per heavy atom. The van der Waals surface area contributed by atoms with Crippen molar-refractivity contribution < 1.29 is 0 Å². The minimum Gasteiger partial charge on any atom is -0.357 e. The van der Waals surface area contributed by atoms with Gasteiger partial charge >= 0.3 is 0 Å². The Morgan fingerprint density at radius 2 is 2.32 bits per heavy atom. The van der Waals surface area contributed by atoms with Crippen LogP contribution in [0.25, 0.3) is 0 Å². The van der Waals surface area contributed by atoms with Crippen LogP contribution in [0.5, 0.6) is 0 Å². The summed E-state index contributed by atoms with van der Waals surface area (Å²) in [6.07, 6.45) is 5.25. The predicted molar refractivity (Wildman–Crippen MR) is 83.6 cm³/mol. The molecule has 2 N–H and O–H groups in total. The molecule has 0 saturated carbocycles. The van der Waals surface area contributed by atoms with Gasteiger partial charge in [0.1, 0.15) is 0 Å². The second kappa shape index (κ2) is 8.57. The van der Waals surface area contributed by atoms with Gasteiger partial charge < -0.3 is 15.5 Å². The predicted octanol–water partition coefficient (Wildman–Crippen LogP) is 1.54. The number of likely N-dealkylation sites (N-methyl/N-ethyl adjacent to an activating group) is 1. The van der Waals surface area contributed by atoms with E-state index in [1.165, 1.54) is 4.88 Å². The number of nitrogens with one attached hydrogen (secondary N) is 2. The summed E-state index contributed by atoms with van der Waals surface area (Å²) >= 11 is 1.76. The van der Waals surface area contributed by atoms with Gasteiger partial charge in [-0.05, 0) is 32.5 Å². The monoisotopic (exact) mass is 278 g/mol. The zero-order valence-electron chi connectivity index (χ0n) is 11.8. The van der Waals surface area contributed by atoms with Crippen molar-refractivity contribution >= 4 is 17.3 Å². The quantitative estimate of drug-likeness (QED) is 0.471. The Hall–Kier alpha value is -1.51. The van der Waals surface area contributed by atoms with E-state index in [0.717, 1.165) is 12.5 Å². The number of aliphatic imine (C=N–C) groups is 1. The van der Waals surface area contributed by atoms with Crippen molar-refractivity contribution in [3.63, 3.8) is 0 Å². The van der Waals surface area contributed by atoms with Gasteiger partial charge in [-0.25, -0.2) is 0 Å². The van der Waals surface area contributed by atoms with Crippen molar-refractivity contribution in [2.75, 3.05) is 33.7 Å².